The number of benzene rings is 2. The van der Waals surface area contributed by atoms with E-state index in [1.165, 1.54) is 41.3 Å². The molecule has 2 aromatic carbocycles. The van der Waals surface area contributed by atoms with Crippen molar-refractivity contribution in [3.63, 3.8) is 0 Å². The number of allylic oxidation sites excluding steroid dienone is 7. The Morgan fingerprint density at radius 1 is 0.797 bits per heavy atom. The third-order valence-electron chi connectivity index (χ3n) is 9.26. The Morgan fingerprint density at radius 2 is 1.31 bits per heavy atom. The molecule has 2 aromatic heterocycles. The van der Waals surface area contributed by atoms with Gasteiger partial charge in [0.2, 0.25) is 5.69 Å². The van der Waals surface area contributed by atoms with Crippen LogP contribution >= 0.6 is 38.6 Å². The first-order valence-corrected chi connectivity index (χ1v) is 21.1. The number of nitro groups is 2. The molecule has 0 saturated carbocycles. The summed E-state index contributed by atoms with van der Waals surface area (Å²) < 4.78 is 3.33. The molecule has 0 atom stereocenters. The van der Waals surface area contributed by atoms with Crippen LogP contribution in [0.3, 0.4) is 0 Å². The molecule has 7 rings (SSSR count). The standard InChI is InChI=1S/C23H27BrN2O.2C9H6N4O4S.Co/c1-6-26(7-2)18-11-8-16(21(27)15-18)9-13-22-23(3,4)19-14-17(24)10-12-20(19)25(22)5;2*14-5-1-2-6(7(15)3-5)11-12-9-10-4-8(18-9)13(16)17;/h8-15H,6-7H2,1-5H3;2*1-4H,(H2,10,12,14,15);/p-1. The van der Waals surface area contributed by atoms with Gasteiger partial charge in [-0.25, -0.2) is 0 Å². The zero-order valence-corrected chi connectivity index (χ0v) is 38.7. The topological polar surface area (TPSA) is 265 Å². The summed E-state index contributed by atoms with van der Waals surface area (Å²) in [6, 6.07) is 12.3. The van der Waals surface area contributed by atoms with Crippen LogP contribution in [0.2, 0.25) is 0 Å². The number of carbonyl (C=O) groups is 2. The van der Waals surface area contributed by atoms with Crippen LogP contribution in [0.15, 0.2) is 128 Å². The number of hydrogen-bond donors (Lipinski definition) is 3. The van der Waals surface area contributed by atoms with Crippen LogP contribution in [-0.2, 0) is 31.8 Å². The van der Waals surface area contributed by atoms with Crippen LogP contribution in [0.4, 0.5) is 21.4 Å². The van der Waals surface area contributed by atoms with Crippen LogP contribution in [0.5, 0.6) is 5.75 Å². The van der Waals surface area contributed by atoms with Crippen LogP contribution < -0.4 is 24.5 Å². The number of thiazole rings is 2. The molecular formula is C41H38BrCoN10O9S2-. The monoisotopic (exact) mass is 1020 g/mol. The number of phenols is 1. The molecule has 19 nitrogen and oxygen atoms in total. The summed E-state index contributed by atoms with van der Waals surface area (Å²) >= 11 is 5.10. The van der Waals surface area contributed by atoms with Gasteiger partial charge >= 0.3 is 10.0 Å². The first-order valence-electron chi connectivity index (χ1n) is 18.6. The normalized spacial score (nSPS) is 16.8. The number of rotatable bonds is 9. The van der Waals surface area contributed by atoms with Crippen molar-refractivity contribution in [2.45, 2.75) is 33.1 Å². The summed E-state index contributed by atoms with van der Waals surface area (Å²) in [6.07, 6.45) is 13.3. The molecule has 3 N–H and O–H groups in total. The van der Waals surface area contributed by atoms with Gasteiger partial charge in [0.05, 0.1) is 15.3 Å². The van der Waals surface area contributed by atoms with Gasteiger partial charge in [-0.1, -0.05) is 38.6 Å². The number of ketones is 2. The van der Waals surface area contributed by atoms with E-state index in [4.69, 9.17) is 0 Å². The fourth-order valence-electron chi connectivity index (χ4n) is 6.08. The predicted molar refractivity (Wildman–Crippen MR) is 243 cm³/mol. The van der Waals surface area contributed by atoms with E-state index in [0.717, 1.165) is 76.0 Å². The Balaban J connectivity index is 0.000000216. The molecule has 23 heteroatoms. The van der Waals surface area contributed by atoms with Crippen LogP contribution in [0.25, 0.3) is 6.08 Å². The van der Waals surface area contributed by atoms with E-state index < -0.39 is 9.85 Å². The van der Waals surface area contributed by atoms with Crippen molar-refractivity contribution in [3.8, 4) is 5.75 Å². The van der Waals surface area contributed by atoms with E-state index in [9.17, 15) is 45.1 Å². The second-order valence-corrected chi connectivity index (χ2v) is 16.5. The number of phenolic OH excluding ortho intramolecular Hbond substituents is 1. The number of aromatic hydroxyl groups is 1. The Labute approximate surface area is 391 Å². The fraction of sp³-hybridized carbons (Fsp3) is 0.195. The van der Waals surface area contributed by atoms with Gasteiger partial charge < -0.3 is 40.4 Å². The maximum absolute atomic E-state index is 10.9. The average Bonchev–Trinajstić information content (AvgIpc) is 3.96. The molecule has 64 heavy (non-hydrogen) atoms. The third-order valence-corrected chi connectivity index (χ3v) is 11.4. The molecule has 3 aliphatic rings. The summed E-state index contributed by atoms with van der Waals surface area (Å²) in [6.45, 7) is 10.6. The molecule has 1 radical (unpaired) electrons. The second kappa shape index (κ2) is 22.1. The number of nitrogens with zero attached hydrogens (tertiary/aromatic N) is 10. The number of carbonyl (C=O) groups excluding carboxylic acids is 2. The number of hydrogen-bond acceptors (Lipinski definition) is 16. The van der Waals surface area contributed by atoms with Crippen LogP contribution in [0, 0.1) is 20.2 Å². The van der Waals surface area contributed by atoms with Crippen molar-refractivity contribution in [2.75, 3.05) is 25.0 Å². The summed E-state index contributed by atoms with van der Waals surface area (Å²) in [7, 11) is 2.10. The molecule has 0 saturated heterocycles. The molecule has 2 aliphatic carbocycles. The quantitative estimate of drug-likeness (QED) is 0.0691. The molecule has 335 valence electrons. The van der Waals surface area contributed by atoms with Crippen molar-refractivity contribution in [1.82, 2.24) is 9.97 Å². The number of halogens is 1. The third kappa shape index (κ3) is 12.5. The van der Waals surface area contributed by atoms with Crippen LogP contribution in [0.1, 0.15) is 38.8 Å². The minimum absolute atomic E-state index is 0. The zero-order chi connectivity index (χ0) is 46.0. The van der Waals surface area contributed by atoms with Crippen molar-refractivity contribution < 1.29 is 56.1 Å². The Kier molecular flexibility index (Phi) is 17.3. The molecular weight excluding hydrogens is 979 g/mol. The first-order chi connectivity index (χ1) is 29.9. The van der Waals surface area contributed by atoms with Gasteiger partial charge in [-0.2, -0.15) is 4.58 Å². The van der Waals surface area contributed by atoms with Gasteiger partial charge in [-0.05, 0) is 82.3 Å². The van der Waals surface area contributed by atoms with E-state index in [0.29, 0.717) is 5.75 Å². The molecule has 0 spiro atoms. The molecule has 0 unspecified atom stereocenters. The summed E-state index contributed by atoms with van der Waals surface area (Å²) in [5, 5.41) is 64.4. The maximum Gasteiger partial charge on any atom is 0.319 e. The van der Waals surface area contributed by atoms with E-state index in [2.05, 4.69) is 121 Å². The zero-order valence-electron chi connectivity index (χ0n) is 34.4. The number of aliphatic hydroxyl groups excluding tert-OH is 2. The van der Waals surface area contributed by atoms with Crippen molar-refractivity contribution >= 4 is 94.8 Å². The van der Waals surface area contributed by atoms with Crippen LogP contribution in [-0.4, -0.2) is 78.6 Å². The second-order valence-electron chi connectivity index (χ2n) is 13.7. The molecule has 3 heterocycles. The smallest absolute Gasteiger partial charge is 0.319 e. The van der Waals surface area contributed by atoms with Crippen molar-refractivity contribution in [3.05, 3.63) is 148 Å². The Bertz CT molecular complexity index is 2760. The largest absolute Gasteiger partial charge is 0.507 e. The van der Waals surface area contributed by atoms with Crippen molar-refractivity contribution in [2.24, 2.45) is 20.4 Å². The van der Waals surface area contributed by atoms with Gasteiger partial charge in [0.25, 0.3) is 0 Å². The van der Waals surface area contributed by atoms with E-state index in [1.54, 1.807) is 0 Å². The summed E-state index contributed by atoms with van der Waals surface area (Å²) in [5.74, 6) is -1.00. The van der Waals surface area contributed by atoms with Gasteiger partial charge in [0.1, 0.15) is 35.7 Å². The number of anilines is 1. The summed E-state index contributed by atoms with van der Waals surface area (Å²) in [4.78, 5) is 51.2. The number of aromatic nitrogens is 2. The molecule has 0 bridgehead atoms. The average molecular weight is 1020 g/mol. The Hall–Kier alpha value is -6.66. The predicted octanol–water partition coefficient (Wildman–Crippen LogP) is 6.62. The van der Waals surface area contributed by atoms with E-state index >= 15 is 0 Å². The Morgan fingerprint density at radius 3 is 1.75 bits per heavy atom. The van der Waals surface area contributed by atoms with E-state index in [-0.39, 0.29) is 76.3 Å². The SMILES string of the molecule is CCN(CC)c1ccc(/C=C/C2=[N+](C)c3ccc(Br)cc3C2(C)C)c(O)c1.O=C1C=CC(=NN=c2[n-]cc([N+](=O)[O-])s2)C(O)=C1.O=C1C=CC(=NN=c2[n-]cc([N+](=O)[O-])s2)C(O)=C1.[Co]. The number of aliphatic hydroxyl groups is 2. The van der Waals surface area contributed by atoms with Gasteiger partial charge in [0, 0.05) is 104 Å². The van der Waals surface area contributed by atoms with Crippen molar-refractivity contribution in [1.29, 1.82) is 0 Å². The van der Waals surface area contributed by atoms with Gasteiger partial charge in [0.15, 0.2) is 17.3 Å². The fourth-order valence-corrected chi connectivity index (χ4v) is 7.55. The first kappa shape index (κ1) is 50.0. The molecule has 0 fully saturated rings. The minimum atomic E-state index is -0.583. The van der Waals surface area contributed by atoms with Gasteiger partial charge in [-0.3, -0.25) is 40.0 Å². The van der Waals surface area contributed by atoms with E-state index in [1.807, 2.05) is 18.2 Å². The molecule has 1 aliphatic heterocycles. The maximum atomic E-state index is 10.9. The minimum Gasteiger partial charge on any atom is -0.507 e. The molecule has 0 amide bonds. The van der Waals surface area contributed by atoms with Gasteiger partial charge in [-0.15, -0.1) is 0 Å². The number of fused-ring (bicyclic) bond motifs is 1. The summed E-state index contributed by atoms with van der Waals surface area (Å²) in [5.41, 5.74) is 5.71. The molecule has 4 aromatic rings.